The minimum atomic E-state index is 0.148. The van der Waals surface area contributed by atoms with E-state index in [4.69, 9.17) is 16.6 Å². The van der Waals surface area contributed by atoms with Crippen molar-refractivity contribution in [1.29, 1.82) is 0 Å². The molecule has 1 aliphatic carbocycles. The topological polar surface area (TPSA) is 46.9 Å². The minimum absolute atomic E-state index is 0.148. The summed E-state index contributed by atoms with van der Waals surface area (Å²) in [5.41, 5.74) is 3.77. The molecule has 1 amide bonds. The summed E-state index contributed by atoms with van der Waals surface area (Å²) in [4.78, 5) is 17.1. The molecule has 3 aromatic rings. The van der Waals surface area contributed by atoms with Crippen LogP contribution in [0.2, 0.25) is 5.02 Å². The highest BCUT2D eigenvalue weighted by Gasteiger charge is 2.21. The van der Waals surface area contributed by atoms with Crippen LogP contribution in [0.25, 0.3) is 22.4 Å². The fraction of sp³-hybridized carbons (Fsp3) is 0.333. The van der Waals surface area contributed by atoms with Crippen LogP contribution in [0.1, 0.15) is 32.1 Å². The lowest BCUT2D eigenvalue weighted by Crippen LogP contribution is -2.24. The first-order valence-electron chi connectivity index (χ1n) is 9.15. The lowest BCUT2D eigenvalue weighted by molar-refractivity contribution is -0.120. The Hall–Kier alpha value is -2.33. The van der Waals surface area contributed by atoms with Crippen molar-refractivity contribution in [2.45, 2.75) is 32.1 Å². The molecule has 0 radical (unpaired) electrons. The normalized spacial score (nSPS) is 15.3. The van der Waals surface area contributed by atoms with Crippen molar-refractivity contribution in [3.8, 4) is 11.4 Å². The van der Waals surface area contributed by atoms with E-state index >= 15 is 0 Å². The SMILES string of the molecule is Cn1c(-c2ccc(NC(=O)C3CCCCC3)cc2)nc2ccc(Cl)cc21. The number of carbonyl (C=O) groups excluding carboxylic acids is 1. The van der Waals surface area contributed by atoms with Crippen LogP contribution in [0.5, 0.6) is 0 Å². The minimum Gasteiger partial charge on any atom is -0.327 e. The summed E-state index contributed by atoms with van der Waals surface area (Å²) in [5.74, 6) is 1.19. The van der Waals surface area contributed by atoms with Gasteiger partial charge in [0.15, 0.2) is 0 Å². The van der Waals surface area contributed by atoms with E-state index in [9.17, 15) is 4.79 Å². The molecule has 0 saturated heterocycles. The van der Waals surface area contributed by atoms with Crippen LogP contribution in [-0.4, -0.2) is 15.5 Å². The van der Waals surface area contributed by atoms with Gasteiger partial charge in [-0.2, -0.15) is 0 Å². The molecule has 2 aromatic carbocycles. The molecule has 134 valence electrons. The number of hydrogen-bond donors (Lipinski definition) is 1. The molecule has 0 spiro atoms. The van der Waals surface area contributed by atoms with Gasteiger partial charge < -0.3 is 9.88 Å². The van der Waals surface area contributed by atoms with Gasteiger partial charge in [-0.3, -0.25) is 4.79 Å². The number of rotatable bonds is 3. The Morgan fingerprint density at radius 1 is 1.12 bits per heavy atom. The van der Waals surface area contributed by atoms with Crippen LogP contribution in [0.3, 0.4) is 0 Å². The number of imidazole rings is 1. The molecule has 1 aromatic heterocycles. The summed E-state index contributed by atoms with van der Waals surface area (Å²) in [6.45, 7) is 0. The molecule has 1 fully saturated rings. The van der Waals surface area contributed by atoms with Gasteiger partial charge in [0.05, 0.1) is 11.0 Å². The maximum absolute atomic E-state index is 12.4. The molecule has 1 saturated carbocycles. The average Bonchev–Trinajstić information content (AvgIpc) is 2.99. The zero-order valence-corrected chi connectivity index (χ0v) is 15.6. The van der Waals surface area contributed by atoms with E-state index in [2.05, 4.69) is 5.32 Å². The van der Waals surface area contributed by atoms with Crippen LogP contribution in [0.15, 0.2) is 42.5 Å². The lowest BCUT2D eigenvalue weighted by atomic mass is 9.88. The molecular weight excluding hydrogens is 346 g/mol. The largest absolute Gasteiger partial charge is 0.327 e. The third-order valence-electron chi connectivity index (χ3n) is 5.23. The highest BCUT2D eigenvalue weighted by Crippen LogP contribution is 2.28. The molecule has 1 heterocycles. The van der Waals surface area contributed by atoms with Crippen LogP contribution >= 0.6 is 11.6 Å². The number of amides is 1. The number of nitrogens with zero attached hydrogens (tertiary/aromatic N) is 2. The number of hydrogen-bond acceptors (Lipinski definition) is 2. The van der Waals surface area contributed by atoms with Gasteiger partial charge in [-0.15, -0.1) is 0 Å². The number of nitrogens with one attached hydrogen (secondary N) is 1. The Kier molecular flexibility index (Phi) is 4.68. The Labute approximate surface area is 158 Å². The first kappa shape index (κ1) is 17.1. The van der Waals surface area contributed by atoms with E-state index in [1.54, 1.807) is 0 Å². The van der Waals surface area contributed by atoms with Gasteiger partial charge in [-0.1, -0.05) is 30.9 Å². The molecule has 1 aliphatic rings. The summed E-state index contributed by atoms with van der Waals surface area (Å²) < 4.78 is 2.04. The predicted octanol–water partition coefficient (Wildman–Crippen LogP) is 5.41. The summed E-state index contributed by atoms with van der Waals surface area (Å²) in [7, 11) is 1.99. The van der Waals surface area contributed by atoms with E-state index in [1.807, 2.05) is 54.1 Å². The molecule has 0 bridgehead atoms. The van der Waals surface area contributed by atoms with Crippen molar-refractivity contribution >= 4 is 34.2 Å². The van der Waals surface area contributed by atoms with E-state index < -0.39 is 0 Å². The molecule has 1 N–H and O–H groups in total. The maximum atomic E-state index is 12.4. The van der Waals surface area contributed by atoms with E-state index in [-0.39, 0.29) is 11.8 Å². The number of halogens is 1. The van der Waals surface area contributed by atoms with Gasteiger partial charge in [0, 0.05) is 29.2 Å². The molecule has 0 atom stereocenters. The molecular formula is C21H22ClN3O. The number of carbonyl (C=O) groups is 1. The first-order valence-corrected chi connectivity index (χ1v) is 9.53. The predicted molar refractivity (Wildman–Crippen MR) is 106 cm³/mol. The average molecular weight is 368 g/mol. The Balaban J connectivity index is 1.54. The summed E-state index contributed by atoms with van der Waals surface area (Å²) in [5, 5.41) is 3.76. The molecule has 4 nitrogen and oxygen atoms in total. The number of aryl methyl sites for hydroxylation is 1. The molecule has 4 rings (SSSR count). The zero-order chi connectivity index (χ0) is 18.1. The number of aromatic nitrogens is 2. The smallest absolute Gasteiger partial charge is 0.227 e. The van der Waals surface area contributed by atoms with E-state index in [0.29, 0.717) is 5.02 Å². The quantitative estimate of drug-likeness (QED) is 0.672. The van der Waals surface area contributed by atoms with E-state index in [1.165, 1.54) is 6.42 Å². The van der Waals surface area contributed by atoms with Crippen molar-refractivity contribution in [2.24, 2.45) is 13.0 Å². The standard InChI is InChI=1S/C21H22ClN3O/c1-25-19-13-16(22)9-12-18(19)24-20(25)14-7-10-17(11-8-14)23-21(26)15-5-3-2-4-6-15/h7-13,15H,2-6H2,1H3,(H,23,26). The van der Waals surface area contributed by atoms with Crippen molar-refractivity contribution in [3.63, 3.8) is 0 Å². The zero-order valence-electron chi connectivity index (χ0n) is 14.8. The fourth-order valence-electron chi connectivity index (χ4n) is 3.73. The molecule has 0 unspecified atom stereocenters. The monoisotopic (exact) mass is 367 g/mol. The molecule has 26 heavy (non-hydrogen) atoms. The molecule has 0 aliphatic heterocycles. The number of fused-ring (bicyclic) bond motifs is 1. The van der Waals surface area contributed by atoms with Crippen LogP contribution in [0.4, 0.5) is 5.69 Å². The summed E-state index contributed by atoms with van der Waals surface area (Å²) in [6.07, 6.45) is 5.59. The highest BCUT2D eigenvalue weighted by atomic mass is 35.5. The fourth-order valence-corrected chi connectivity index (χ4v) is 3.90. The van der Waals surface area contributed by atoms with Gasteiger partial charge in [0.2, 0.25) is 5.91 Å². The first-order chi connectivity index (χ1) is 12.6. The van der Waals surface area contributed by atoms with Crippen LogP contribution in [-0.2, 0) is 11.8 Å². The summed E-state index contributed by atoms with van der Waals surface area (Å²) in [6, 6.07) is 13.6. The van der Waals surface area contributed by atoms with Crippen molar-refractivity contribution in [3.05, 3.63) is 47.5 Å². The van der Waals surface area contributed by atoms with Gasteiger partial charge in [0.25, 0.3) is 0 Å². The Bertz CT molecular complexity index is 940. The van der Waals surface area contributed by atoms with Crippen molar-refractivity contribution in [1.82, 2.24) is 9.55 Å². The Morgan fingerprint density at radius 2 is 1.85 bits per heavy atom. The van der Waals surface area contributed by atoms with Gasteiger partial charge >= 0.3 is 0 Å². The maximum Gasteiger partial charge on any atom is 0.227 e. The highest BCUT2D eigenvalue weighted by molar-refractivity contribution is 6.31. The molecule has 5 heteroatoms. The second kappa shape index (κ2) is 7.12. The van der Waals surface area contributed by atoms with Crippen LogP contribution in [0, 0.1) is 5.92 Å². The third-order valence-corrected chi connectivity index (χ3v) is 5.46. The number of anilines is 1. The third kappa shape index (κ3) is 3.34. The van der Waals surface area contributed by atoms with Crippen LogP contribution < -0.4 is 5.32 Å². The number of benzene rings is 2. The van der Waals surface area contributed by atoms with Gasteiger partial charge in [0.1, 0.15) is 5.82 Å². The van der Waals surface area contributed by atoms with Crippen molar-refractivity contribution < 1.29 is 4.79 Å². The van der Waals surface area contributed by atoms with Gasteiger partial charge in [-0.05, 0) is 55.3 Å². The van der Waals surface area contributed by atoms with E-state index in [0.717, 1.165) is 53.8 Å². The van der Waals surface area contributed by atoms with Crippen molar-refractivity contribution in [2.75, 3.05) is 5.32 Å². The lowest BCUT2D eigenvalue weighted by Gasteiger charge is -2.20. The second-order valence-corrected chi connectivity index (χ2v) is 7.47. The second-order valence-electron chi connectivity index (χ2n) is 7.03. The Morgan fingerprint density at radius 3 is 2.58 bits per heavy atom. The summed E-state index contributed by atoms with van der Waals surface area (Å²) >= 11 is 6.10. The van der Waals surface area contributed by atoms with Gasteiger partial charge in [-0.25, -0.2) is 4.98 Å².